The molecule has 0 saturated heterocycles. The van der Waals surface area contributed by atoms with E-state index in [0.29, 0.717) is 40.7 Å². The number of ether oxygens (including phenoxy) is 2. The van der Waals surface area contributed by atoms with Crippen molar-refractivity contribution < 1.29 is 14.3 Å². The van der Waals surface area contributed by atoms with Crippen LogP contribution in [0.15, 0.2) is 42.1 Å². The Morgan fingerprint density at radius 1 is 1.30 bits per heavy atom. The van der Waals surface area contributed by atoms with Gasteiger partial charge in [-0.2, -0.15) is 0 Å². The van der Waals surface area contributed by atoms with Crippen molar-refractivity contribution in [3.05, 3.63) is 42.7 Å². The number of nitrogens with zero attached hydrogens (tertiary/aromatic N) is 3. The highest BCUT2D eigenvalue weighted by atomic mass is 32.2. The van der Waals surface area contributed by atoms with Gasteiger partial charge in [0.25, 0.3) is 0 Å². The van der Waals surface area contributed by atoms with Crippen molar-refractivity contribution in [3.8, 4) is 11.5 Å². The van der Waals surface area contributed by atoms with Gasteiger partial charge in [0.2, 0.25) is 5.91 Å². The van der Waals surface area contributed by atoms with E-state index < -0.39 is 0 Å². The van der Waals surface area contributed by atoms with E-state index in [1.807, 2.05) is 28.8 Å². The quantitative estimate of drug-likeness (QED) is 0.456. The fraction of sp³-hybridized carbons (Fsp3) is 0.500. The zero-order valence-corrected chi connectivity index (χ0v) is 18.5. The number of allylic oxidation sites excluding steroid dienone is 1. The monoisotopic (exact) mass is 430 g/mol. The second-order valence-corrected chi connectivity index (χ2v) is 8.40. The van der Waals surface area contributed by atoms with E-state index in [2.05, 4.69) is 29.0 Å². The lowest BCUT2D eigenvalue weighted by atomic mass is 9.86. The van der Waals surface area contributed by atoms with Crippen LogP contribution in [-0.2, 0) is 17.9 Å². The van der Waals surface area contributed by atoms with Crippen LogP contribution in [-0.4, -0.2) is 39.6 Å². The van der Waals surface area contributed by atoms with Gasteiger partial charge < -0.3 is 14.8 Å². The number of rotatable bonds is 10. The number of amides is 1. The van der Waals surface area contributed by atoms with Gasteiger partial charge in [-0.3, -0.25) is 9.36 Å². The number of methoxy groups -OCH3 is 1. The Morgan fingerprint density at radius 2 is 2.07 bits per heavy atom. The first-order chi connectivity index (χ1) is 14.6. The summed E-state index contributed by atoms with van der Waals surface area (Å²) >= 11 is 1.38. The molecule has 1 aliphatic rings. The summed E-state index contributed by atoms with van der Waals surface area (Å²) in [5, 5.41) is 12.4. The molecule has 0 aliphatic heterocycles. The summed E-state index contributed by atoms with van der Waals surface area (Å²) in [7, 11) is 1.61. The van der Waals surface area contributed by atoms with Crippen LogP contribution in [0, 0.1) is 5.92 Å². The van der Waals surface area contributed by atoms with Gasteiger partial charge in [-0.1, -0.05) is 49.7 Å². The maximum Gasteiger partial charge on any atom is 0.230 e. The molecule has 0 bridgehead atoms. The van der Waals surface area contributed by atoms with Crippen molar-refractivity contribution in [2.24, 2.45) is 5.92 Å². The van der Waals surface area contributed by atoms with Gasteiger partial charge in [0.05, 0.1) is 12.9 Å². The van der Waals surface area contributed by atoms with Crippen molar-refractivity contribution in [3.63, 3.8) is 0 Å². The van der Waals surface area contributed by atoms with Gasteiger partial charge in [0.15, 0.2) is 22.5 Å². The Hall–Kier alpha value is -2.48. The van der Waals surface area contributed by atoms with Gasteiger partial charge in [0.1, 0.15) is 6.61 Å². The lowest BCUT2D eigenvalue weighted by molar-refractivity contribution is -0.119. The van der Waals surface area contributed by atoms with E-state index >= 15 is 0 Å². The first kappa shape index (κ1) is 22.2. The lowest BCUT2D eigenvalue weighted by Gasteiger charge is -2.29. The Balaban J connectivity index is 1.59. The molecule has 2 atom stereocenters. The average molecular weight is 431 g/mol. The number of thioether (sulfide) groups is 1. The van der Waals surface area contributed by atoms with Crippen LogP contribution in [0.25, 0.3) is 0 Å². The number of nitrogens with one attached hydrogen (secondary N) is 1. The zero-order chi connectivity index (χ0) is 21.3. The lowest BCUT2D eigenvalue weighted by Crippen LogP contribution is -2.41. The summed E-state index contributed by atoms with van der Waals surface area (Å²) in [4.78, 5) is 12.4. The van der Waals surface area contributed by atoms with E-state index in [1.54, 1.807) is 13.2 Å². The Bertz CT molecular complexity index is 855. The Kier molecular flexibility index (Phi) is 8.19. The molecule has 0 radical (unpaired) electrons. The summed E-state index contributed by atoms with van der Waals surface area (Å²) in [5.41, 5.74) is 0. The highest BCUT2D eigenvalue weighted by molar-refractivity contribution is 7.99. The number of para-hydroxylation sites is 2. The smallest absolute Gasteiger partial charge is 0.230 e. The molecule has 2 aromatic rings. The number of hydrogen-bond donors (Lipinski definition) is 1. The third-order valence-corrected chi connectivity index (χ3v) is 6.29. The molecule has 2 unspecified atom stereocenters. The molecule has 1 aromatic carbocycles. The summed E-state index contributed by atoms with van der Waals surface area (Å²) in [6.07, 6.45) is 6.47. The fourth-order valence-corrected chi connectivity index (χ4v) is 4.41. The first-order valence-corrected chi connectivity index (χ1v) is 11.3. The van der Waals surface area contributed by atoms with E-state index in [9.17, 15) is 4.79 Å². The van der Waals surface area contributed by atoms with Crippen molar-refractivity contribution in [2.45, 2.75) is 57.0 Å². The fourth-order valence-electron chi connectivity index (χ4n) is 3.63. The summed E-state index contributed by atoms with van der Waals surface area (Å²) in [6, 6.07) is 7.75. The normalized spacial score (nSPS) is 18.6. The number of aromatic nitrogens is 3. The van der Waals surface area contributed by atoms with Gasteiger partial charge in [0, 0.05) is 12.6 Å². The van der Waals surface area contributed by atoms with E-state index in [-0.39, 0.29) is 18.6 Å². The molecule has 8 heteroatoms. The Labute approximate surface area is 182 Å². The molecule has 7 nitrogen and oxygen atoms in total. The number of benzene rings is 1. The van der Waals surface area contributed by atoms with E-state index in [4.69, 9.17) is 9.47 Å². The molecule has 1 aliphatic carbocycles. The second-order valence-electron chi connectivity index (χ2n) is 7.46. The predicted octanol–water partition coefficient (Wildman–Crippen LogP) is 3.84. The van der Waals surface area contributed by atoms with Crippen LogP contribution in [0.2, 0.25) is 0 Å². The molecular formula is C22H30N4O3S. The Morgan fingerprint density at radius 3 is 2.80 bits per heavy atom. The number of carbonyl (C=O) groups is 1. The minimum atomic E-state index is 0.0405. The van der Waals surface area contributed by atoms with E-state index in [0.717, 1.165) is 6.42 Å². The van der Waals surface area contributed by atoms with Crippen LogP contribution in [0.4, 0.5) is 0 Å². The summed E-state index contributed by atoms with van der Waals surface area (Å²) < 4.78 is 13.1. The van der Waals surface area contributed by atoms with Crippen molar-refractivity contribution in [1.29, 1.82) is 0 Å². The molecule has 0 spiro atoms. The zero-order valence-electron chi connectivity index (χ0n) is 17.7. The molecule has 1 aromatic heterocycles. The third kappa shape index (κ3) is 5.78. The maximum absolute atomic E-state index is 12.4. The molecule has 162 valence electrons. The van der Waals surface area contributed by atoms with Crippen molar-refractivity contribution >= 4 is 17.7 Å². The van der Waals surface area contributed by atoms with Crippen LogP contribution >= 0.6 is 11.8 Å². The standard InChI is InChI=1S/C22H30N4O3S/c1-4-13-26-20(14-29-19-12-8-7-11-18(19)28-3)24-25-22(26)30-15-21(27)23-17-10-6-5-9-16(17)2/h4,7-8,11-12,16-17H,1,5-6,9-10,13-15H2,2-3H3,(H,23,27). The predicted molar refractivity (Wildman–Crippen MR) is 118 cm³/mol. The maximum atomic E-state index is 12.4. The minimum absolute atomic E-state index is 0.0405. The molecule has 30 heavy (non-hydrogen) atoms. The largest absolute Gasteiger partial charge is 0.493 e. The molecule has 1 fully saturated rings. The van der Waals surface area contributed by atoms with Gasteiger partial charge in [-0.05, 0) is 30.9 Å². The first-order valence-electron chi connectivity index (χ1n) is 10.3. The third-order valence-electron chi connectivity index (χ3n) is 5.32. The average Bonchev–Trinajstić information content (AvgIpc) is 3.14. The van der Waals surface area contributed by atoms with Crippen LogP contribution in [0.5, 0.6) is 11.5 Å². The second kappa shape index (κ2) is 11.1. The highest BCUT2D eigenvalue weighted by Gasteiger charge is 2.23. The van der Waals surface area contributed by atoms with Crippen LogP contribution in [0.3, 0.4) is 0 Å². The SMILES string of the molecule is C=CCn1c(COc2ccccc2OC)nnc1SCC(=O)NC1CCCCC1C. The molecular weight excluding hydrogens is 400 g/mol. The van der Waals surface area contributed by atoms with E-state index in [1.165, 1.54) is 31.0 Å². The molecule has 3 rings (SSSR count). The van der Waals surface area contributed by atoms with Crippen molar-refractivity contribution in [2.75, 3.05) is 12.9 Å². The molecule has 1 saturated carbocycles. The number of carbonyl (C=O) groups excluding carboxylic acids is 1. The minimum Gasteiger partial charge on any atom is -0.493 e. The summed E-state index contributed by atoms with van der Waals surface area (Å²) in [6.45, 7) is 6.82. The summed E-state index contributed by atoms with van der Waals surface area (Å²) in [5.74, 6) is 2.87. The van der Waals surface area contributed by atoms with Crippen LogP contribution in [0.1, 0.15) is 38.4 Å². The topological polar surface area (TPSA) is 78.3 Å². The van der Waals surface area contributed by atoms with Crippen molar-refractivity contribution in [1.82, 2.24) is 20.1 Å². The van der Waals surface area contributed by atoms with Gasteiger partial charge >= 0.3 is 0 Å². The van der Waals surface area contributed by atoms with Crippen LogP contribution < -0.4 is 14.8 Å². The van der Waals surface area contributed by atoms with Gasteiger partial charge in [-0.25, -0.2) is 0 Å². The molecule has 1 heterocycles. The molecule has 1 amide bonds. The highest BCUT2D eigenvalue weighted by Crippen LogP contribution is 2.27. The molecule has 1 N–H and O–H groups in total. The van der Waals surface area contributed by atoms with Gasteiger partial charge in [-0.15, -0.1) is 16.8 Å². The number of hydrogen-bond acceptors (Lipinski definition) is 6.